The van der Waals surface area contributed by atoms with Crippen molar-refractivity contribution in [2.24, 2.45) is 5.73 Å². The zero-order valence-corrected chi connectivity index (χ0v) is 12.8. The molecule has 0 amide bonds. The van der Waals surface area contributed by atoms with E-state index in [9.17, 15) is 0 Å². The molecule has 0 aromatic heterocycles. The van der Waals surface area contributed by atoms with Gasteiger partial charge in [-0.25, -0.2) is 0 Å². The molecule has 1 aromatic carbocycles. The molecule has 0 spiro atoms. The van der Waals surface area contributed by atoms with E-state index in [4.69, 9.17) is 5.73 Å². The third-order valence-corrected chi connectivity index (χ3v) is 4.69. The number of para-hydroxylation sites is 1. The minimum absolute atomic E-state index is 0.506. The molecule has 1 aromatic rings. The highest BCUT2D eigenvalue weighted by Gasteiger charge is 2.21. The molecule has 0 saturated carbocycles. The number of thioether (sulfide) groups is 1. The normalized spacial score (nSPS) is 16.8. The van der Waals surface area contributed by atoms with Crippen molar-refractivity contribution in [2.75, 3.05) is 30.0 Å². The summed E-state index contributed by atoms with van der Waals surface area (Å²) in [5.74, 6) is 1.24. The molecular weight excluding hydrogens is 252 g/mol. The molecule has 1 unspecified atom stereocenters. The van der Waals surface area contributed by atoms with Crippen LogP contribution in [0.4, 0.5) is 5.69 Å². The molecule has 0 radical (unpaired) electrons. The van der Waals surface area contributed by atoms with Crippen LogP contribution in [0.25, 0.3) is 0 Å². The van der Waals surface area contributed by atoms with Crippen molar-refractivity contribution >= 4 is 17.4 Å². The van der Waals surface area contributed by atoms with E-state index in [1.54, 1.807) is 0 Å². The topological polar surface area (TPSA) is 29.3 Å². The summed E-state index contributed by atoms with van der Waals surface area (Å²) in [6.07, 6.45) is 8.46. The number of nitrogens with two attached hydrogens (primary N) is 1. The van der Waals surface area contributed by atoms with Gasteiger partial charge in [-0.1, -0.05) is 18.2 Å². The van der Waals surface area contributed by atoms with Crippen LogP contribution < -0.4 is 10.6 Å². The Hall–Kier alpha value is -0.670. The molecule has 1 aliphatic rings. The molecule has 0 aliphatic carbocycles. The Balaban J connectivity index is 2.12. The number of benzene rings is 1. The first-order valence-electron chi connectivity index (χ1n) is 7.40. The lowest BCUT2D eigenvalue weighted by Crippen LogP contribution is -2.41. The lowest BCUT2D eigenvalue weighted by atomic mass is 10.1. The van der Waals surface area contributed by atoms with Gasteiger partial charge in [0.25, 0.3) is 0 Å². The average Bonchev–Trinajstić information content (AvgIpc) is 2.66. The van der Waals surface area contributed by atoms with Crippen molar-refractivity contribution < 1.29 is 0 Å². The molecule has 2 rings (SSSR count). The average molecular weight is 278 g/mol. The second kappa shape index (κ2) is 7.81. The van der Waals surface area contributed by atoms with Gasteiger partial charge in [0.15, 0.2) is 0 Å². The Kier molecular flexibility index (Phi) is 6.05. The fraction of sp³-hybridized carbons (Fsp3) is 0.625. The quantitative estimate of drug-likeness (QED) is 0.810. The van der Waals surface area contributed by atoms with E-state index < -0.39 is 0 Å². The highest BCUT2D eigenvalue weighted by Crippen LogP contribution is 2.28. The Morgan fingerprint density at radius 3 is 2.95 bits per heavy atom. The Bertz CT molecular complexity index is 381. The summed E-state index contributed by atoms with van der Waals surface area (Å²) in [6, 6.07) is 9.38. The van der Waals surface area contributed by atoms with E-state index in [1.807, 2.05) is 11.8 Å². The highest BCUT2D eigenvalue weighted by molar-refractivity contribution is 7.98. The number of hydrogen-bond donors (Lipinski definition) is 1. The van der Waals surface area contributed by atoms with Crippen LogP contribution in [0.5, 0.6) is 0 Å². The summed E-state index contributed by atoms with van der Waals surface area (Å²) in [5, 5.41) is 0. The van der Waals surface area contributed by atoms with Gasteiger partial charge in [-0.3, -0.25) is 0 Å². The van der Waals surface area contributed by atoms with Crippen LogP contribution in [0.1, 0.15) is 31.2 Å². The van der Waals surface area contributed by atoms with Crippen molar-refractivity contribution in [2.45, 2.75) is 38.1 Å². The van der Waals surface area contributed by atoms with Gasteiger partial charge in [0.1, 0.15) is 0 Å². The van der Waals surface area contributed by atoms with Gasteiger partial charge in [-0.05, 0) is 55.7 Å². The number of anilines is 1. The second-order valence-electron chi connectivity index (χ2n) is 5.30. The van der Waals surface area contributed by atoms with Crippen LogP contribution in [0.15, 0.2) is 24.3 Å². The maximum absolute atomic E-state index is 6.05. The van der Waals surface area contributed by atoms with Gasteiger partial charge in [-0.2, -0.15) is 11.8 Å². The van der Waals surface area contributed by atoms with Crippen molar-refractivity contribution in [3.05, 3.63) is 29.8 Å². The molecule has 0 bridgehead atoms. The largest absolute Gasteiger partial charge is 0.367 e. The molecule has 2 N–H and O–H groups in total. The van der Waals surface area contributed by atoms with E-state index in [0.29, 0.717) is 6.04 Å². The summed E-state index contributed by atoms with van der Waals surface area (Å²) < 4.78 is 0. The number of aryl methyl sites for hydroxylation is 1. The Morgan fingerprint density at radius 2 is 2.16 bits per heavy atom. The number of hydrogen-bond acceptors (Lipinski definition) is 3. The summed E-state index contributed by atoms with van der Waals surface area (Å²) in [4.78, 5) is 2.57. The summed E-state index contributed by atoms with van der Waals surface area (Å²) in [5.41, 5.74) is 8.98. The van der Waals surface area contributed by atoms with Crippen LogP contribution in [-0.2, 0) is 6.42 Å². The zero-order valence-electron chi connectivity index (χ0n) is 12.0. The fourth-order valence-corrected chi connectivity index (χ4v) is 3.42. The van der Waals surface area contributed by atoms with Crippen LogP contribution in [-0.4, -0.2) is 31.1 Å². The van der Waals surface area contributed by atoms with Gasteiger partial charge in [0, 0.05) is 24.8 Å². The molecule has 0 saturated heterocycles. The SMILES string of the molecule is CSCCCC(CN)N1CCCCc2ccccc21. The molecule has 106 valence electrons. The molecular formula is C16H26N2S. The van der Waals surface area contributed by atoms with Gasteiger partial charge in [0.2, 0.25) is 0 Å². The lowest BCUT2D eigenvalue weighted by molar-refractivity contribution is 0.545. The van der Waals surface area contributed by atoms with E-state index in [-0.39, 0.29) is 0 Å². The fourth-order valence-electron chi connectivity index (χ4n) is 2.96. The van der Waals surface area contributed by atoms with Crippen LogP contribution in [0.3, 0.4) is 0 Å². The molecule has 1 aliphatic heterocycles. The van der Waals surface area contributed by atoms with Crippen molar-refractivity contribution in [3.63, 3.8) is 0 Å². The monoisotopic (exact) mass is 278 g/mol. The number of nitrogens with zero attached hydrogens (tertiary/aromatic N) is 1. The van der Waals surface area contributed by atoms with Crippen molar-refractivity contribution in [1.29, 1.82) is 0 Å². The van der Waals surface area contributed by atoms with Gasteiger partial charge in [0.05, 0.1) is 0 Å². The highest BCUT2D eigenvalue weighted by atomic mass is 32.2. The maximum Gasteiger partial charge on any atom is 0.0412 e. The van der Waals surface area contributed by atoms with E-state index in [0.717, 1.165) is 13.1 Å². The first kappa shape index (κ1) is 14.7. The van der Waals surface area contributed by atoms with Crippen LogP contribution in [0.2, 0.25) is 0 Å². The first-order valence-corrected chi connectivity index (χ1v) is 8.79. The van der Waals surface area contributed by atoms with Gasteiger partial charge >= 0.3 is 0 Å². The number of rotatable bonds is 6. The van der Waals surface area contributed by atoms with Gasteiger partial charge < -0.3 is 10.6 Å². The molecule has 19 heavy (non-hydrogen) atoms. The standard InChI is InChI=1S/C16H26N2S/c1-19-12-6-9-15(13-17)18-11-5-4-8-14-7-2-3-10-16(14)18/h2-3,7,10,15H,4-6,8-9,11-13,17H2,1H3. The van der Waals surface area contributed by atoms with E-state index >= 15 is 0 Å². The van der Waals surface area contributed by atoms with E-state index in [2.05, 4.69) is 35.4 Å². The smallest absolute Gasteiger partial charge is 0.0412 e. The third kappa shape index (κ3) is 3.90. The van der Waals surface area contributed by atoms with Crippen LogP contribution in [0, 0.1) is 0 Å². The summed E-state index contributed by atoms with van der Waals surface area (Å²) >= 11 is 1.93. The Labute approximate surface area is 121 Å². The van der Waals surface area contributed by atoms with Crippen molar-refractivity contribution in [3.8, 4) is 0 Å². The Morgan fingerprint density at radius 1 is 1.32 bits per heavy atom. The predicted octanol–water partition coefficient (Wildman–Crippen LogP) is 3.30. The molecule has 1 atom stereocenters. The minimum atomic E-state index is 0.506. The van der Waals surface area contributed by atoms with E-state index in [1.165, 1.54) is 49.1 Å². The lowest BCUT2D eigenvalue weighted by Gasteiger charge is -2.33. The predicted molar refractivity (Wildman–Crippen MR) is 87.2 cm³/mol. The summed E-state index contributed by atoms with van der Waals surface area (Å²) in [6.45, 7) is 1.93. The van der Waals surface area contributed by atoms with Crippen LogP contribution >= 0.6 is 11.8 Å². The number of fused-ring (bicyclic) bond motifs is 1. The maximum atomic E-state index is 6.05. The van der Waals surface area contributed by atoms with Crippen molar-refractivity contribution in [1.82, 2.24) is 0 Å². The minimum Gasteiger partial charge on any atom is -0.367 e. The molecule has 1 heterocycles. The summed E-state index contributed by atoms with van der Waals surface area (Å²) in [7, 11) is 0. The third-order valence-electron chi connectivity index (χ3n) is 3.99. The zero-order chi connectivity index (χ0) is 13.5. The first-order chi connectivity index (χ1) is 9.36. The molecule has 3 heteroatoms. The molecule has 2 nitrogen and oxygen atoms in total. The second-order valence-corrected chi connectivity index (χ2v) is 6.29. The van der Waals surface area contributed by atoms with Gasteiger partial charge in [-0.15, -0.1) is 0 Å². The molecule has 0 fully saturated rings.